The monoisotopic (exact) mass is 300 g/mol. The molecule has 2 aromatic rings. The first-order chi connectivity index (χ1) is 10.6. The average molecular weight is 300 g/mol. The number of nitrogens with zero attached hydrogens (tertiary/aromatic N) is 4. The molecule has 1 aliphatic heterocycles. The van der Waals surface area contributed by atoms with Crippen LogP contribution in [0.25, 0.3) is 0 Å². The highest BCUT2D eigenvalue weighted by Gasteiger charge is 2.23. The van der Waals surface area contributed by atoms with Gasteiger partial charge in [-0.2, -0.15) is 5.10 Å². The van der Waals surface area contributed by atoms with E-state index in [1.54, 1.807) is 12.3 Å². The van der Waals surface area contributed by atoms with E-state index >= 15 is 0 Å². The van der Waals surface area contributed by atoms with Crippen LogP contribution in [0.5, 0.6) is 0 Å². The van der Waals surface area contributed by atoms with Gasteiger partial charge in [-0.15, -0.1) is 0 Å². The predicted molar refractivity (Wildman–Crippen MR) is 81.1 cm³/mol. The van der Waals surface area contributed by atoms with Crippen molar-refractivity contribution in [3.05, 3.63) is 41.2 Å². The number of carbonyl (C=O) groups is 1. The van der Waals surface area contributed by atoms with Crippen LogP contribution in [0, 0.1) is 6.92 Å². The summed E-state index contributed by atoms with van der Waals surface area (Å²) in [5.74, 6) is -0.155. The van der Waals surface area contributed by atoms with Gasteiger partial charge < -0.3 is 5.73 Å². The molecule has 0 unspecified atom stereocenters. The Morgan fingerprint density at radius 1 is 1.45 bits per heavy atom. The molecule has 0 saturated carbocycles. The molecule has 1 aliphatic rings. The SMILES string of the molecule is Cc1cnc(CN2CCC[C@H](c3cc(C(N)=O)n[nH]3)C2)cn1. The summed E-state index contributed by atoms with van der Waals surface area (Å²) >= 11 is 0. The minimum atomic E-state index is -0.495. The number of amides is 1. The van der Waals surface area contributed by atoms with Crippen LogP contribution >= 0.6 is 0 Å². The van der Waals surface area contributed by atoms with E-state index in [-0.39, 0.29) is 0 Å². The van der Waals surface area contributed by atoms with E-state index in [0.717, 1.165) is 49.6 Å². The number of nitrogens with one attached hydrogen (secondary N) is 1. The molecule has 0 spiro atoms. The third-order valence-electron chi connectivity index (χ3n) is 4.02. The molecule has 0 bridgehead atoms. The normalized spacial score (nSPS) is 19.2. The van der Waals surface area contributed by atoms with Gasteiger partial charge in [0, 0.05) is 37.1 Å². The summed E-state index contributed by atoms with van der Waals surface area (Å²) in [6, 6.07) is 1.77. The van der Waals surface area contributed by atoms with Gasteiger partial charge in [0.1, 0.15) is 5.69 Å². The van der Waals surface area contributed by atoms with Crippen molar-refractivity contribution in [2.24, 2.45) is 5.73 Å². The van der Waals surface area contributed by atoms with E-state index < -0.39 is 5.91 Å². The molecule has 1 fully saturated rings. The zero-order chi connectivity index (χ0) is 15.5. The standard InChI is InChI=1S/C15H20N6O/c1-10-6-18-12(7-17-10)9-21-4-2-3-11(8-21)13-5-14(15(16)22)20-19-13/h5-7,11H,2-4,8-9H2,1H3,(H2,16,22)(H,19,20)/t11-/m0/s1. The molecule has 1 atom stereocenters. The van der Waals surface area contributed by atoms with Crippen molar-refractivity contribution in [2.45, 2.75) is 32.2 Å². The van der Waals surface area contributed by atoms with Crippen LogP contribution in [0.4, 0.5) is 0 Å². The minimum absolute atomic E-state index is 0.302. The summed E-state index contributed by atoms with van der Waals surface area (Å²) in [5.41, 5.74) is 8.44. The molecule has 7 nitrogen and oxygen atoms in total. The number of aromatic amines is 1. The molecule has 0 aliphatic carbocycles. The number of hydrogen-bond acceptors (Lipinski definition) is 5. The first kappa shape index (κ1) is 14.6. The molecule has 22 heavy (non-hydrogen) atoms. The lowest BCUT2D eigenvalue weighted by Crippen LogP contribution is -2.34. The number of carbonyl (C=O) groups excluding carboxylic acids is 1. The van der Waals surface area contributed by atoms with Crippen molar-refractivity contribution < 1.29 is 4.79 Å². The van der Waals surface area contributed by atoms with E-state index in [2.05, 4.69) is 25.1 Å². The molecule has 116 valence electrons. The lowest BCUT2D eigenvalue weighted by atomic mass is 9.94. The zero-order valence-corrected chi connectivity index (χ0v) is 12.6. The zero-order valence-electron chi connectivity index (χ0n) is 12.6. The van der Waals surface area contributed by atoms with Crippen LogP contribution in [0.15, 0.2) is 18.5 Å². The first-order valence-corrected chi connectivity index (χ1v) is 7.47. The Labute approximate surface area is 129 Å². The van der Waals surface area contributed by atoms with Crippen LogP contribution in [-0.4, -0.2) is 44.1 Å². The Kier molecular flexibility index (Phi) is 4.15. The van der Waals surface area contributed by atoms with Crippen molar-refractivity contribution in [1.82, 2.24) is 25.1 Å². The quantitative estimate of drug-likeness (QED) is 0.876. The largest absolute Gasteiger partial charge is 0.364 e. The number of aromatic nitrogens is 4. The lowest BCUT2D eigenvalue weighted by Gasteiger charge is -2.31. The summed E-state index contributed by atoms with van der Waals surface area (Å²) in [6.45, 7) is 4.68. The minimum Gasteiger partial charge on any atom is -0.364 e. The third kappa shape index (κ3) is 3.30. The second-order valence-corrected chi connectivity index (χ2v) is 5.80. The first-order valence-electron chi connectivity index (χ1n) is 7.47. The van der Waals surface area contributed by atoms with Crippen molar-refractivity contribution in [3.63, 3.8) is 0 Å². The fourth-order valence-electron chi connectivity index (χ4n) is 2.86. The van der Waals surface area contributed by atoms with Gasteiger partial charge >= 0.3 is 0 Å². The predicted octanol–water partition coefficient (Wildman–Crippen LogP) is 0.987. The number of piperidine rings is 1. The van der Waals surface area contributed by atoms with Gasteiger partial charge in [-0.25, -0.2) is 0 Å². The topological polar surface area (TPSA) is 101 Å². The molecular formula is C15H20N6O. The second-order valence-electron chi connectivity index (χ2n) is 5.80. The fourth-order valence-corrected chi connectivity index (χ4v) is 2.86. The summed E-state index contributed by atoms with van der Waals surface area (Å²) in [4.78, 5) is 22.2. The van der Waals surface area contributed by atoms with Crippen LogP contribution in [0.2, 0.25) is 0 Å². The smallest absolute Gasteiger partial charge is 0.269 e. The molecule has 1 saturated heterocycles. The molecular weight excluding hydrogens is 280 g/mol. The third-order valence-corrected chi connectivity index (χ3v) is 4.02. The molecule has 3 N–H and O–H groups in total. The number of primary amides is 1. The molecule has 0 radical (unpaired) electrons. The lowest BCUT2D eigenvalue weighted by molar-refractivity contribution is 0.0995. The number of H-pyrrole nitrogens is 1. The van der Waals surface area contributed by atoms with Crippen LogP contribution < -0.4 is 5.73 Å². The van der Waals surface area contributed by atoms with Crippen LogP contribution in [0.3, 0.4) is 0 Å². The van der Waals surface area contributed by atoms with Crippen molar-refractivity contribution in [2.75, 3.05) is 13.1 Å². The van der Waals surface area contributed by atoms with Gasteiger partial charge in [-0.3, -0.25) is 24.8 Å². The Hall–Kier alpha value is -2.28. The van der Waals surface area contributed by atoms with Crippen LogP contribution in [-0.2, 0) is 6.54 Å². The summed E-state index contributed by atoms with van der Waals surface area (Å²) in [5, 5.41) is 6.91. The number of nitrogens with two attached hydrogens (primary N) is 1. The molecule has 1 amide bonds. The second kappa shape index (κ2) is 6.23. The Morgan fingerprint density at radius 3 is 3.00 bits per heavy atom. The average Bonchev–Trinajstić information content (AvgIpc) is 3.00. The molecule has 2 aromatic heterocycles. The van der Waals surface area contributed by atoms with E-state index in [4.69, 9.17) is 5.73 Å². The van der Waals surface area contributed by atoms with Gasteiger partial charge in [-0.05, 0) is 32.4 Å². The summed E-state index contributed by atoms with van der Waals surface area (Å²) in [6.07, 6.45) is 5.82. The molecule has 7 heteroatoms. The van der Waals surface area contributed by atoms with Gasteiger partial charge in [0.2, 0.25) is 0 Å². The highest BCUT2D eigenvalue weighted by Crippen LogP contribution is 2.26. The highest BCUT2D eigenvalue weighted by atomic mass is 16.1. The van der Waals surface area contributed by atoms with E-state index in [1.165, 1.54) is 0 Å². The fraction of sp³-hybridized carbons (Fsp3) is 0.467. The summed E-state index contributed by atoms with van der Waals surface area (Å²) in [7, 11) is 0. The molecule has 3 heterocycles. The maximum Gasteiger partial charge on any atom is 0.269 e. The van der Waals surface area contributed by atoms with Crippen molar-refractivity contribution in [3.8, 4) is 0 Å². The number of hydrogen-bond donors (Lipinski definition) is 2. The maximum atomic E-state index is 11.1. The van der Waals surface area contributed by atoms with Crippen molar-refractivity contribution >= 4 is 5.91 Å². The number of aryl methyl sites for hydroxylation is 1. The number of rotatable bonds is 4. The van der Waals surface area contributed by atoms with Gasteiger partial charge in [-0.1, -0.05) is 0 Å². The van der Waals surface area contributed by atoms with Crippen molar-refractivity contribution in [1.29, 1.82) is 0 Å². The van der Waals surface area contributed by atoms with E-state index in [9.17, 15) is 4.79 Å². The van der Waals surface area contributed by atoms with E-state index in [1.807, 2.05) is 13.1 Å². The Bertz CT molecular complexity index is 650. The highest BCUT2D eigenvalue weighted by molar-refractivity contribution is 5.90. The summed E-state index contributed by atoms with van der Waals surface area (Å²) < 4.78 is 0. The van der Waals surface area contributed by atoms with Gasteiger partial charge in [0.25, 0.3) is 5.91 Å². The molecule has 3 rings (SSSR count). The Morgan fingerprint density at radius 2 is 2.32 bits per heavy atom. The maximum absolute atomic E-state index is 11.1. The van der Waals surface area contributed by atoms with Crippen LogP contribution in [0.1, 0.15) is 46.3 Å². The van der Waals surface area contributed by atoms with Gasteiger partial charge in [0.05, 0.1) is 11.4 Å². The molecule has 0 aromatic carbocycles. The Balaban J connectivity index is 1.65. The number of likely N-dealkylation sites (tertiary alicyclic amines) is 1. The van der Waals surface area contributed by atoms with E-state index in [0.29, 0.717) is 11.6 Å². The van der Waals surface area contributed by atoms with Gasteiger partial charge in [0.15, 0.2) is 0 Å².